The topological polar surface area (TPSA) is 41.1 Å². The smallest absolute Gasteiger partial charge is 0.228 e. The van der Waals surface area contributed by atoms with E-state index in [0.717, 1.165) is 19.5 Å². The third kappa shape index (κ3) is 2.84. The van der Waals surface area contributed by atoms with E-state index in [0.29, 0.717) is 12.5 Å². The van der Waals surface area contributed by atoms with Crippen molar-refractivity contribution in [2.75, 3.05) is 13.1 Å². The van der Waals surface area contributed by atoms with Crippen molar-refractivity contribution in [3.63, 3.8) is 0 Å². The van der Waals surface area contributed by atoms with Crippen molar-refractivity contribution in [3.05, 3.63) is 35.9 Å². The first kappa shape index (κ1) is 15.3. The summed E-state index contributed by atoms with van der Waals surface area (Å²) >= 11 is 0. The first-order valence-corrected chi connectivity index (χ1v) is 7.34. The number of hydrogen-bond donors (Lipinski definition) is 2. The standard InChI is InChI=1S/C16H22N2O.ClH/c19-15(18-10-13-6-2-1-3-7-13)16-9-5-4-8-14(16)11-17-12-16;/h1-3,6-7,14,17H,4-5,8-12H2,(H,18,19);1H/t14-,16+;/m0./s1. The van der Waals surface area contributed by atoms with Gasteiger partial charge in [0.05, 0.1) is 5.41 Å². The van der Waals surface area contributed by atoms with Crippen molar-refractivity contribution < 1.29 is 4.79 Å². The minimum absolute atomic E-state index is 0. The maximum Gasteiger partial charge on any atom is 0.228 e. The van der Waals surface area contributed by atoms with Gasteiger partial charge < -0.3 is 10.6 Å². The average molecular weight is 295 g/mol. The van der Waals surface area contributed by atoms with E-state index in [1.165, 1.54) is 24.8 Å². The van der Waals surface area contributed by atoms with Gasteiger partial charge in [-0.15, -0.1) is 12.4 Å². The summed E-state index contributed by atoms with van der Waals surface area (Å²) < 4.78 is 0. The van der Waals surface area contributed by atoms with Gasteiger partial charge in [-0.3, -0.25) is 4.79 Å². The highest BCUT2D eigenvalue weighted by atomic mass is 35.5. The average Bonchev–Trinajstić information content (AvgIpc) is 2.91. The van der Waals surface area contributed by atoms with Gasteiger partial charge in [-0.25, -0.2) is 0 Å². The van der Waals surface area contributed by atoms with Gasteiger partial charge in [0.1, 0.15) is 0 Å². The van der Waals surface area contributed by atoms with Crippen molar-refractivity contribution in [2.24, 2.45) is 11.3 Å². The molecule has 3 rings (SSSR count). The normalized spacial score (nSPS) is 28.3. The van der Waals surface area contributed by atoms with Gasteiger partial charge in [0.2, 0.25) is 5.91 Å². The number of benzene rings is 1. The largest absolute Gasteiger partial charge is 0.351 e. The Bertz CT molecular complexity index is 451. The van der Waals surface area contributed by atoms with Crippen molar-refractivity contribution in [1.82, 2.24) is 10.6 Å². The maximum atomic E-state index is 12.6. The minimum atomic E-state index is -0.132. The van der Waals surface area contributed by atoms with Crippen LogP contribution in [-0.4, -0.2) is 19.0 Å². The molecule has 2 aliphatic rings. The lowest BCUT2D eigenvalue weighted by atomic mass is 9.67. The number of fused-ring (bicyclic) bond motifs is 1. The fourth-order valence-corrected chi connectivity index (χ4v) is 3.64. The van der Waals surface area contributed by atoms with Crippen LogP contribution in [0.3, 0.4) is 0 Å². The van der Waals surface area contributed by atoms with Crippen LogP contribution in [0.1, 0.15) is 31.2 Å². The fourth-order valence-electron chi connectivity index (χ4n) is 3.64. The van der Waals surface area contributed by atoms with Gasteiger partial charge in [0.15, 0.2) is 0 Å². The number of nitrogens with one attached hydrogen (secondary N) is 2. The van der Waals surface area contributed by atoms with Gasteiger partial charge >= 0.3 is 0 Å². The second-order valence-corrected chi connectivity index (χ2v) is 5.90. The Morgan fingerprint density at radius 3 is 2.90 bits per heavy atom. The van der Waals surface area contributed by atoms with Gasteiger partial charge in [0, 0.05) is 13.1 Å². The van der Waals surface area contributed by atoms with Crippen molar-refractivity contribution in [2.45, 2.75) is 32.2 Å². The molecule has 4 heteroatoms. The molecule has 0 radical (unpaired) electrons. The molecule has 110 valence electrons. The van der Waals surface area contributed by atoms with E-state index in [2.05, 4.69) is 22.8 Å². The zero-order chi connectivity index (χ0) is 13.1. The van der Waals surface area contributed by atoms with Crippen LogP contribution in [0.15, 0.2) is 30.3 Å². The van der Waals surface area contributed by atoms with Crippen LogP contribution in [0.5, 0.6) is 0 Å². The molecule has 0 aromatic heterocycles. The Morgan fingerprint density at radius 2 is 2.10 bits per heavy atom. The molecule has 2 fully saturated rings. The number of carbonyl (C=O) groups is 1. The molecule has 2 N–H and O–H groups in total. The Morgan fingerprint density at radius 1 is 1.30 bits per heavy atom. The lowest BCUT2D eigenvalue weighted by molar-refractivity contribution is -0.134. The Balaban J connectivity index is 0.00000147. The predicted octanol–water partition coefficient (Wildman–Crippen LogP) is 2.50. The van der Waals surface area contributed by atoms with E-state index in [4.69, 9.17) is 0 Å². The Labute approximate surface area is 126 Å². The van der Waals surface area contributed by atoms with E-state index in [1.54, 1.807) is 0 Å². The molecule has 1 amide bonds. The quantitative estimate of drug-likeness (QED) is 0.899. The number of hydrogen-bond acceptors (Lipinski definition) is 2. The SMILES string of the molecule is Cl.O=C(NCc1ccccc1)[C@@]12CCCC[C@H]1CNC2. The Hall–Kier alpha value is -1.06. The van der Waals surface area contributed by atoms with Crippen LogP contribution in [0.4, 0.5) is 0 Å². The molecule has 0 bridgehead atoms. The zero-order valence-corrected chi connectivity index (χ0v) is 12.5. The summed E-state index contributed by atoms with van der Waals surface area (Å²) in [6.07, 6.45) is 4.72. The van der Waals surface area contributed by atoms with Gasteiger partial charge in [-0.1, -0.05) is 43.2 Å². The summed E-state index contributed by atoms with van der Waals surface area (Å²) in [4.78, 5) is 12.6. The molecule has 2 atom stereocenters. The highest BCUT2D eigenvalue weighted by Gasteiger charge is 2.49. The molecule has 1 saturated heterocycles. The van der Waals surface area contributed by atoms with Crippen LogP contribution >= 0.6 is 12.4 Å². The van der Waals surface area contributed by atoms with Gasteiger partial charge in [-0.2, -0.15) is 0 Å². The summed E-state index contributed by atoms with van der Waals surface area (Å²) in [5, 5.41) is 6.58. The van der Waals surface area contributed by atoms with Crippen LogP contribution in [0.2, 0.25) is 0 Å². The maximum absolute atomic E-state index is 12.6. The first-order chi connectivity index (χ1) is 9.31. The summed E-state index contributed by atoms with van der Waals surface area (Å²) in [6, 6.07) is 10.1. The highest BCUT2D eigenvalue weighted by Crippen LogP contribution is 2.43. The van der Waals surface area contributed by atoms with E-state index >= 15 is 0 Å². The van der Waals surface area contributed by atoms with Gasteiger partial charge in [-0.05, 0) is 30.9 Å². The molecule has 3 nitrogen and oxygen atoms in total. The van der Waals surface area contributed by atoms with E-state index in [9.17, 15) is 4.79 Å². The van der Waals surface area contributed by atoms with Crippen molar-refractivity contribution >= 4 is 18.3 Å². The van der Waals surface area contributed by atoms with Crippen LogP contribution in [-0.2, 0) is 11.3 Å². The molecule has 1 heterocycles. The lowest BCUT2D eigenvalue weighted by Crippen LogP contribution is -2.47. The minimum Gasteiger partial charge on any atom is -0.351 e. The number of amides is 1. The second kappa shape index (κ2) is 6.59. The molecular formula is C16H23ClN2O. The summed E-state index contributed by atoms with van der Waals surface area (Å²) in [7, 11) is 0. The first-order valence-electron chi connectivity index (χ1n) is 7.34. The van der Waals surface area contributed by atoms with E-state index in [1.807, 2.05) is 18.2 Å². The highest BCUT2D eigenvalue weighted by molar-refractivity contribution is 5.85. The third-order valence-electron chi connectivity index (χ3n) is 4.79. The molecule has 1 aromatic carbocycles. The van der Waals surface area contributed by atoms with Crippen LogP contribution in [0, 0.1) is 11.3 Å². The molecule has 0 unspecified atom stereocenters. The third-order valence-corrected chi connectivity index (χ3v) is 4.79. The molecule has 1 saturated carbocycles. The molecular weight excluding hydrogens is 272 g/mol. The Kier molecular flexibility index (Phi) is 5.06. The number of rotatable bonds is 3. The van der Waals surface area contributed by atoms with Crippen LogP contribution in [0.25, 0.3) is 0 Å². The fraction of sp³-hybridized carbons (Fsp3) is 0.562. The molecule has 0 spiro atoms. The summed E-state index contributed by atoms with van der Waals surface area (Å²) in [5.41, 5.74) is 1.04. The lowest BCUT2D eigenvalue weighted by Gasteiger charge is -2.37. The monoisotopic (exact) mass is 294 g/mol. The van der Waals surface area contributed by atoms with Crippen molar-refractivity contribution in [1.29, 1.82) is 0 Å². The van der Waals surface area contributed by atoms with Crippen LogP contribution < -0.4 is 10.6 Å². The zero-order valence-electron chi connectivity index (χ0n) is 11.7. The molecule has 20 heavy (non-hydrogen) atoms. The molecule has 1 aliphatic carbocycles. The number of halogens is 1. The summed E-state index contributed by atoms with van der Waals surface area (Å²) in [6.45, 7) is 2.52. The molecule has 1 aromatic rings. The number of carbonyl (C=O) groups excluding carboxylic acids is 1. The summed E-state index contributed by atoms with van der Waals surface area (Å²) in [5.74, 6) is 0.795. The van der Waals surface area contributed by atoms with E-state index < -0.39 is 0 Å². The van der Waals surface area contributed by atoms with Gasteiger partial charge in [0.25, 0.3) is 0 Å². The molecule has 1 aliphatic heterocycles. The van der Waals surface area contributed by atoms with E-state index in [-0.39, 0.29) is 23.7 Å². The predicted molar refractivity (Wildman–Crippen MR) is 82.8 cm³/mol. The van der Waals surface area contributed by atoms with Crippen molar-refractivity contribution in [3.8, 4) is 0 Å². The second-order valence-electron chi connectivity index (χ2n) is 5.90.